The van der Waals surface area contributed by atoms with Crippen molar-refractivity contribution in [1.29, 1.82) is 0 Å². The molecule has 3 rings (SSSR count). The van der Waals surface area contributed by atoms with Gasteiger partial charge in [-0.1, -0.05) is 36.4 Å². The van der Waals surface area contributed by atoms with Crippen LogP contribution < -0.4 is 10.1 Å². The zero-order chi connectivity index (χ0) is 18.4. The monoisotopic (exact) mass is 353 g/mol. The Morgan fingerprint density at radius 1 is 0.923 bits per heavy atom. The molecule has 0 aliphatic carbocycles. The van der Waals surface area contributed by atoms with Crippen LogP contribution in [0.25, 0.3) is 0 Å². The Bertz CT molecular complexity index is 895. The molecule has 0 heterocycles. The minimum Gasteiger partial charge on any atom is -0.489 e. The van der Waals surface area contributed by atoms with E-state index in [1.54, 1.807) is 54.6 Å². The lowest BCUT2D eigenvalue weighted by Gasteiger charge is -2.10. The Hall–Kier alpha value is -3.21. The van der Waals surface area contributed by atoms with Gasteiger partial charge in [0, 0.05) is 11.8 Å². The summed E-state index contributed by atoms with van der Waals surface area (Å²) in [7, 11) is 0. The highest BCUT2D eigenvalue weighted by Gasteiger charge is 2.08. The van der Waals surface area contributed by atoms with Crippen molar-refractivity contribution in [3.8, 4) is 5.75 Å². The standard InChI is InChI=1S/C21H17F2NO2/c22-17-10-8-15(9-11-17)14-26-19-6-3-5-18(13-19)24-21(25)12-16-4-1-2-7-20(16)23/h1-11,13H,12,14H2,(H,24,25). The highest BCUT2D eigenvalue weighted by molar-refractivity contribution is 5.92. The van der Waals surface area contributed by atoms with Crippen molar-refractivity contribution in [3.05, 3.63) is 95.6 Å². The van der Waals surface area contributed by atoms with Crippen LogP contribution in [0.15, 0.2) is 72.8 Å². The molecule has 3 aromatic rings. The van der Waals surface area contributed by atoms with E-state index in [0.717, 1.165) is 5.56 Å². The fraction of sp³-hybridized carbons (Fsp3) is 0.0952. The molecule has 0 aliphatic heterocycles. The van der Waals surface area contributed by atoms with Crippen molar-refractivity contribution in [2.45, 2.75) is 13.0 Å². The van der Waals surface area contributed by atoms with Gasteiger partial charge in [-0.05, 0) is 41.5 Å². The van der Waals surface area contributed by atoms with Gasteiger partial charge in [-0.3, -0.25) is 4.79 Å². The molecule has 0 radical (unpaired) electrons. The predicted octanol–water partition coefficient (Wildman–Crippen LogP) is 4.73. The summed E-state index contributed by atoms with van der Waals surface area (Å²) >= 11 is 0. The number of nitrogens with one attached hydrogen (secondary N) is 1. The molecule has 5 heteroatoms. The molecule has 0 spiro atoms. The van der Waals surface area contributed by atoms with Gasteiger partial charge in [0.15, 0.2) is 0 Å². The minimum atomic E-state index is -0.404. The molecule has 0 fully saturated rings. The fourth-order valence-electron chi connectivity index (χ4n) is 2.43. The SMILES string of the molecule is O=C(Cc1ccccc1F)Nc1cccc(OCc2ccc(F)cc2)c1. The fourth-order valence-corrected chi connectivity index (χ4v) is 2.43. The molecule has 0 unspecified atom stereocenters. The Morgan fingerprint density at radius 3 is 2.46 bits per heavy atom. The van der Waals surface area contributed by atoms with Crippen LogP contribution in [-0.4, -0.2) is 5.91 Å². The van der Waals surface area contributed by atoms with E-state index in [4.69, 9.17) is 4.74 Å². The summed E-state index contributed by atoms with van der Waals surface area (Å²) in [6, 6.07) is 19.1. The lowest BCUT2D eigenvalue weighted by atomic mass is 10.1. The van der Waals surface area contributed by atoms with E-state index < -0.39 is 5.82 Å². The molecule has 3 aromatic carbocycles. The third kappa shape index (κ3) is 4.89. The molecule has 0 aromatic heterocycles. The molecule has 3 nitrogen and oxygen atoms in total. The Kier molecular flexibility index (Phi) is 5.59. The summed E-state index contributed by atoms with van der Waals surface area (Å²) < 4.78 is 32.2. The summed E-state index contributed by atoms with van der Waals surface area (Å²) in [4.78, 5) is 12.1. The highest BCUT2D eigenvalue weighted by Crippen LogP contribution is 2.19. The number of amides is 1. The first-order chi connectivity index (χ1) is 12.6. The molecule has 0 aliphatic rings. The van der Waals surface area contributed by atoms with E-state index in [2.05, 4.69) is 5.32 Å². The quantitative estimate of drug-likeness (QED) is 0.696. The van der Waals surface area contributed by atoms with Crippen LogP contribution in [-0.2, 0) is 17.8 Å². The smallest absolute Gasteiger partial charge is 0.228 e. The van der Waals surface area contributed by atoms with Gasteiger partial charge in [0.25, 0.3) is 0 Å². The molecular weight excluding hydrogens is 336 g/mol. The molecule has 0 saturated carbocycles. The number of hydrogen-bond acceptors (Lipinski definition) is 2. The first kappa shape index (κ1) is 17.6. The number of benzene rings is 3. The largest absolute Gasteiger partial charge is 0.489 e. The first-order valence-corrected chi connectivity index (χ1v) is 8.11. The molecule has 132 valence electrons. The van der Waals surface area contributed by atoms with Crippen LogP contribution in [0.4, 0.5) is 14.5 Å². The van der Waals surface area contributed by atoms with Gasteiger partial charge in [0.05, 0.1) is 6.42 Å². The van der Waals surface area contributed by atoms with E-state index in [1.807, 2.05) is 0 Å². The molecule has 1 N–H and O–H groups in total. The summed E-state index contributed by atoms with van der Waals surface area (Å²) in [6.45, 7) is 0.285. The molecule has 26 heavy (non-hydrogen) atoms. The summed E-state index contributed by atoms with van der Waals surface area (Å²) in [6.07, 6.45) is -0.0483. The lowest BCUT2D eigenvalue weighted by Crippen LogP contribution is -2.15. The second-order valence-corrected chi connectivity index (χ2v) is 5.76. The third-order valence-corrected chi connectivity index (χ3v) is 3.75. The molecule has 1 amide bonds. The second-order valence-electron chi connectivity index (χ2n) is 5.76. The number of anilines is 1. The molecule has 0 atom stereocenters. The van der Waals surface area contributed by atoms with Gasteiger partial charge in [-0.15, -0.1) is 0 Å². The molecule has 0 bridgehead atoms. The summed E-state index contributed by atoms with van der Waals surface area (Å²) in [5.41, 5.74) is 1.73. The van der Waals surface area contributed by atoms with Crippen LogP contribution in [0, 0.1) is 11.6 Å². The van der Waals surface area contributed by atoms with Gasteiger partial charge >= 0.3 is 0 Å². The Balaban J connectivity index is 1.59. The van der Waals surface area contributed by atoms with Gasteiger partial charge in [0.2, 0.25) is 5.91 Å². The number of carbonyl (C=O) groups is 1. The zero-order valence-corrected chi connectivity index (χ0v) is 13.9. The number of halogens is 2. The number of hydrogen-bond donors (Lipinski definition) is 1. The van der Waals surface area contributed by atoms with E-state index in [1.165, 1.54) is 18.2 Å². The average molecular weight is 353 g/mol. The van der Waals surface area contributed by atoms with Crippen molar-refractivity contribution in [2.24, 2.45) is 0 Å². The predicted molar refractivity (Wildman–Crippen MR) is 95.9 cm³/mol. The van der Waals surface area contributed by atoms with Crippen molar-refractivity contribution in [1.82, 2.24) is 0 Å². The number of rotatable bonds is 6. The van der Waals surface area contributed by atoms with Crippen LogP contribution in [0.3, 0.4) is 0 Å². The van der Waals surface area contributed by atoms with Crippen LogP contribution in [0.2, 0.25) is 0 Å². The summed E-state index contributed by atoms with van der Waals surface area (Å²) in [5.74, 6) is -0.448. The minimum absolute atomic E-state index is 0.0483. The van der Waals surface area contributed by atoms with Crippen LogP contribution in [0.1, 0.15) is 11.1 Å². The van der Waals surface area contributed by atoms with Gasteiger partial charge < -0.3 is 10.1 Å². The van der Waals surface area contributed by atoms with Crippen molar-refractivity contribution < 1.29 is 18.3 Å². The maximum absolute atomic E-state index is 13.6. The summed E-state index contributed by atoms with van der Waals surface area (Å²) in [5, 5.41) is 2.73. The van der Waals surface area contributed by atoms with Crippen molar-refractivity contribution in [3.63, 3.8) is 0 Å². The first-order valence-electron chi connectivity index (χ1n) is 8.11. The van der Waals surface area contributed by atoms with Crippen LogP contribution in [0.5, 0.6) is 5.75 Å². The topological polar surface area (TPSA) is 38.3 Å². The normalized spacial score (nSPS) is 10.4. The lowest BCUT2D eigenvalue weighted by molar-refractivity contribution is -0.115. The van der Waals surface area contributed by atoms with E-state index >= 15 is 0 Å². The van der Waals surface area contributed by atoms with Crippen LogP contribution >= 0.6 is 0 Å². The van der Waals surface area contributed by atoms with E-state index in [-0.39, 0.29) is 24.8 Å². The molecular formula is C21H17F2NO2. The number of carbonyl (C=O) groups excluding carboxylic acids is 1. The van der Waals surface area contributed by atoms with Crippen molar-refractivity contribution in [2.75, 3.05) is 5.32 Å². The molecule has 0 saturated heterocycles. The van der Waals surface area contributed by atoms with E-state index in [9.17, 15) is 13.6 Å². The Labute approximate surface area is 150 Å². The number of ether oxygens (including phenoxy) is 1. The van der Waals surface area contributed by atoms with Gasteiger partial charge in [-0.25, -0.2) is 8.78 Å². The average Bonchev–Trinajstić information content (AvgIpc) is 2.63. The zero-order valence-electron chi connectivity index (χ0n) is 13.9. The van der Waals surface area contributed by atoms with Gasteiger partial charge in [-0.2, -0.15) is 0 Å². The maximum atomic E-state index is 13.6. The Morgan fingerprint density at radius 2 is 1.69 bits per heavy atom. The maximum Gasteiger partial charge on any atom is 0.228 e. The highest BCUT2D eigenvalue weighted by atomic mass is 19.1. The second kappa shape index (κ2) is 8.25. The van der Waals surface area contributed by atoms with Crippen molar-refractivity contribution >= 4 is 11.6 Å². The third-order valence-electron chi connectivity index (χ3n) is 3.75. The van der Waals surface area contributed by atoms with Gasteiger partial charge in [0.1, 0.15) is 24.0 Å². The van der Waals surface area contributed by atoms with E-state index in [0.29, 0.717) is 17.0 Å².